The lowest BCUT2D eigenvalue weighted by atomic mass is 9.78. The third-order valence-corrected chi connectivity index (χ3v) is 4.51. The zero-order valence-corrected chi connectivity index (χ0v) is 12.1. The summed E-state index contributed by atoms with van der Waals surface area (Å²) in [6.45, 7) is 0.649. The fraction of sp³-hybridized carbons (Fsp3) is 0.786. The van der Waals surface area contributed by atoms with Gasteiger partial charge in [-0.15, -0.1) is 0 Å². The van der Waals surface area contributed by atoms with E-state index < -0.39 is 17.9 Å². The summed E-state index contributed by atoms with van der Waals surface area (Å²) in [5.41, 5.74) is 5.02. The standard InChI is InChI=1S/C14H23N3O4/c15-12(18)8-10(13(19)20)16-14(21)17-7-3-5-9-4-1-2-6-11(9)17/h9-11H,1-8H2,(H2,15,18)(H,16,21)(H,19,20)/t9-,10+,11-/m1/s1. The number of hydrogen-bond donors (Lipinski definition) is 3. The minimum Gasteiger partial charge on any atom is -0.480 e. The summed E-state index contributed by atoms with van der Waals surface area (Å²) in [6, 6.07) is -1.44. The van der Waals surface area contributed by atoms with Gasteiger partial charge in [-0.3, -0.25) is 4.79 Å². The number of piperidine rings is 1. The fourth-order valence-corrected chi connectivity index (χ4v) is 3.51. The largest absolute Gasteiger partial charge is 0.480 e. The Kier molecular flexibility index (Phi) is 5.03. The summed E-state index contributed by atoms with van der Waals surface area (Å²) >= 11 is 0. The first-order valence-electron chi connectivity index (χ1n) is 7.57. The molecule has 21 heavy (non-hydrogen) atoms. The van der Waals surface area contributed by atoms with Crippen molar-refractivity contribution in [2.45, 2.75) is 57.0 Å². The lowest BCUT2D eigenvalue weighted by molar-refractivity contribution is -0.141. The Hall–Kier alpha value is -1.79. The monoisotopic (exact) mass is 297 g/mol. The summed E-state index contributed by atoms with van der Waals surface area (Å²) in [6.07, 6.45) is 6.12. The van der Waals surface area contributed by atoms with Crippen LogP contribution in [-0.4, -0.2) is 46.5 Å². The normalized spacial score (nSPS) is 26.6. The summed E-state index contributed by atoms with van der Waals surface area (Å²) < 4.78 is 0. The van der Waals surface area contributed by atoms with Gasteiger partial charge in [-0.2, -0.15) is 0 Å². The third-order valence-electron chi connectivity index (χ3n) is 4.51. The van der Waals surface area contributed by atoms with E-state index in [2.05, 4.69) is 5.32 Å². The van der Waals surface area contributed by atoms with Gasteiger partial charge in [0, 0.05) is 12.6 Å². The average Bonchev–Trinajstić information content (AvgIpc) is 2.45. The van der Waals surface area contributed by atoms with Gasteiger partial charge in [0.05, 0.1) is 6.42 Å². The lowest BCUT2D eigenvalue weighted by Crippen LogP contribution is -2.56. The first-order chi connectivity index (χ1) is 9.99. The van der Waals surface area contributed by atoms with Gasteiger partial charge in [-0.1, -0.05) is 12.8 Å². The zero-order chi connectivity index (χ0) is 15.4. The van der Waals surface area contributed by atoms with Crippen LogP contribution in [0.2, 0.25) is 0 Å². The second kappa shape index (κ2) is 6.78. The SMILES string of the molecule is NC(=O)C[C@H](NC(=O)N1CCC[C@H]2CCCC[C@H]21)C(=O)O. The minimum atomic E-state index is -1.25. The smallest absolute Gasteiger partial charge is 0.326 e. The van der Waals surface area contributed by atoms with Crippen molar-refractivity contribution < 1.29 is 19.5 Å². The number of hydrogen-bond acceptors (Lipinski definition) is 3. The number of rotatable bonds is 4. The molecule has 3 amide bonds. The molecule has 3 atom stereocenters. The molecule has 4 N–H and O–H groups in total. The van der Waals surface area contributed by atoms with Gasteiger partial charge in [-0.25, -0.2) is 9.59 Å². The second-order valence-electron chi connectivity index (χ2n) is 5.96. The van der Waals surface area contributed by atoms with Gasteiger partial charge in [0.2, 0.25) is 5.91 Å². The maximum atomic E-state index is 12.3. The van der Waals surface area contributed by atoms with Crippen LogP contribution >= 0.6 is 0 Å². The maximum absolute atomic E-state index is 12.3. The van der Waals surface area contributed by atoms with Crippen molar-refractivity contribution >= 4 is 17.9 Å². The van der Waals surface area contributed by atoms with Crippen LogP contribution in [0.3, 0.4) is 0 Å². The Labute approximate surface area is 123 Å². The molecule has 1 saturated carbocycles. The van der Waals surface area contributed by atoms with E-state index in [1.54, 1.807) is 4.90 Å². The highest BCUT2D eigenvalue weighted by Gasteiger charge is 2.36. The van der Waals surface area contributed by atoms with E-state index in [1.165, 1.54) is 6.42 Å². The molecular weight excluding hydrogens is 274 g/mol. The van der Waals surface area contributed by atoms with Crippen LogP contribution in [0, 0.1) is 5.92 Å². The van der Waals surface area contributed by atoms with E-state index in [0.29, 0.717) is 12.5 Å². The number of aliphatic carboxylic acids is 1. The van der Waals surface area contributed by atoms with Crippen LogP contribution in [0.1, 0.15) is 44.9 Å². The molecular formula is C14H23N3O4. The number of carbonyl (C=O) groups excluding carboxylic acids is 2. The van der Waals surface area contributed by atoms with E-state index in [1.807, 2.05) is 0 Å². The van der Waals surface area contributed by atoms with Gasteiger partial charge >= 0.3 is 12.0 Å². The number of primary amides is 1. The van der Waals surface area contributed by atoms with Crippen LogP contribution in [0.5, 0.6) is 0 Å². The van der Waals surface area contributed by atoms with Gasteiger partial charge < -0.3 is 21.1 Å². The Morgan fingerprint density at radius 3 is 2.52 bits per heavy atom. The highest BCUT2D eigenvalue weighted by atomic mass is 16.4. The van der Waals surface area contributed by atoms with Gasteiger partial charge in [0.1, 0.15) is 6.04 Å². The summed E-state index contributed by atoms with van der Waals surface area (Å²) in [4.78, 5) is 36.1. The molecule has 118 valence electrons. The molecule has 0 spiro atoms. The molecule has 2 aliphatic rings. The molecule has 1 aliphatic carbocycles. The van der Waals surface area contributed by atoms with Crippen molar-refractivity contribution in [3.63, 3.8) is 0 Å². The Balaban J connectivity index is 2.00. The average molecular weight is 297 g/mol. The molecule has 1 aliphatic heterocycles. The van der Waals surface area contributed by atoms with Gasteiger partial charge in [0.15, 0.2) is 0 Å². The number of fused-ring (bicyclic) bond motifs is 1. The molecule has 0 aromatic rings. The van der Waals surface area contributed by atoms with Crippen LogP contribution < -0.4 is 11.1 Å². The van der Waals surface area contributed by atoms with Crippen LogP contribution in [0.4, 0.5) is 4.79 Å². The molecule has 2 fully saturated rings. The number of urea groups is 1. The number of likely N-dealkylation sites (tertiary alicyclic amines) is 1. The molecule has 0 unspecified atom stereocenters. The van der Waals surface area contributed by atoms with Gasteiger partial charge in [-0.05, 0) is 31.6 Å². The molecule has 0 radical (unpaired) electrons. The number of nitrogens with one attached hydrogen (secondary N) is 1. The second-order valence-corrected chi connectivity index (χ2v) is 5.96. The first-order valence-corrected chi connectivity index (χ1v) is 7.57. The zero-order valence-electron chi connectivity index (χ0n) is 12.1. The highest BCUT2D eigenvalue weighted by molar-refractivity contribution is 5.87. The van der Waals surface area contributed by atoms with E-state index in [9.17, 15) is 14.4 Å². The highest BCUT2D eigenvalue weighted by Crippen LogP contribution is 2.35. The predicted molar refractivity (Wildman–Crippen MR) is 75.5 cm³/mol. The van der Waals surface area contributed by atoms with Crippen LogP contribution in [0.25, 0.3) is 0 Å². The minimum absolute atomic E-state index is 0.204. The molecule has 7 heteroatoms. The number of carboxylic acid groups (broad SMARTS) is 1. The molecule has 7 nitrogen and oxygen atoms in total. The van der Waals surface area contributed by atoms with Crippen molar-refractivity contribution in [2.75, 3.05) is 6.54 Å². The number of carbonyl (C=O) groups is 3. The van der Waals surface area contributed by atoms with E-state index in [0.717, 1.165) is 32.1 Å². The quantitative estimate of drug-likeness (QED) is 0.708. The Bertz CT molecular complexity index is 424. The van der Waals surface area contributed by atoms with Crippen molar-refractivity contribution in [2.24, 2.45) is 11.7 Å². The summed E-state index contributed by atoms with van der Waals surface area (Å²) in [5, 5.41) is 11.5. The third kappa shape index (κ3) is 3.86. The maximum Gasteiger partial charge on any atom is 0.326 e. The van der Waals surface area contributed by atoms with Crippen molar-refractivity contribution in [3.05, 3.63) is 0 Å². The molecule has 2 rings (SSSR count). The van der Waals surface area contributed by atoms with Crippen molar-refractivity contribution in [3.8, 4) is 0 Å². The molecule has 0 aromatic carbocycles. The Morgan fingerprint density at radius 1 is 1.19 bits per heavy atom. The molecule has 1 saturated heterocycles. The molecule has 0 bridgehead atoms. The summed E-state index contributed by atoms with van der Waals surface area (Å²) in [5.74, 6) is -1.45. The predicted octanol–water partition coefficient (Wildman–Crippen LogP) is 0.679. The number of carboxylic acids is 1. The first kappa shape index (κ1) is 15.6. The van der Waals surface area contributed by atoms with E-state index >= 15 is 0 Å². The topological polar surface area (TPSA) is 113 Å². The number of nitrogens with zero attached hydrogens (tertiary/aromatic N) is 1. The van der Waals surface area contributed by atoms with Gasteiger partial charge in [0.25, 0.3) is 0 Å². The fourth-order valence-electron chi connectivity index (χ4n) is 3.51. The number of amides is 3. The Morgan fingerprint density at radius 2 is 1.86 bits per heavy atom. The van der Waals surface area contributed by atoms with Crippen LogP contribution in [-0.2, 0) is 9.59 Å². The molecule has 1 heterocycles. The van der Waals surface area contributed by atoms with E-state index in [4.69, 9.17) is 10.8 Å². The van der Waals surface area contributed by atoms with Crippen molar-refractivity contribution in [1.29, 1.82) is 0 Å². The number of nitrogens with two attached hydrogens (primary N) is 1. The summed E-state index contributed by atoms with van der Waals surface area (Å²) in [7, 11) is 0. The van der Waals surface area contributed by atoms with E-state index in [-0.39, 0.29) is 18.5 Å². The van der Waals surface area contributed by atoms with Crippen LogP contribution in [0.15, 0.2) is 0 Å². The molecule has 0 aromatic heterocycles. The lowest BCUT2D eigenvalue weighted by Gasteiger charge is -2.44. The van der Waals surface area contributed by atoms with Crippen molar-refractivity contribution in [1.82, 2.24) is 10.2 Å².